The molecule has 1 aromatic rings. The zero-order valence-corrected chi connectivity index (χ0v) is 9.33. The van der Waals surface area contributed by atoms with Crippen LogP contribution in [-0.2, 0) is 6.42 Å². The Hall–Kier alpha value is -1.08. The summed E-state index contributed by atoms with van der Waals surface area (Å²) in [6.07, 6.45) is 5.46. The molecule has 0 N–H and O–H groups in total. The van der Waals surface area contributed by atoms with Crippen molar-refractivity contribution in [3.63, 3.8) is 0 Å². The lowest BCUT2D eigenvalue weighted by molar-refractivity contribution is 0.457. The molecule has 0 aromatic heterocycles. The van der Waals surface area contributed by atoms with Gasteiger partial charge in [-0.2, -0.15) is 0 Å². The number of likely N-dealkylation sites (N-methyl/N-ethyl adjacent to an activating group) is 1. The van der Waals surface area contributed by atoms with Crippen LogP contribution in [0.3, 0.4) is 0 Å². The highest BCUT2D eigenvalue weighted by molar-refractivity contribution is 5.49. The Labute approximate surface area is 87.1 Å². The fourth-order valence-electron chi connectivity index (χ4n) is 1.26. The second kappa shape index (κ2) is 5.61. The molecule has 0 heterocycles. The first kappa shape index (κ1) is 11.0. The van der Waals surface area contributed by atoms with Gasteiger partial charge in [0.2, 0.25) is 0 Å². The van der Waals surface area contributed by atoms with Crippen molar-refractivity contribution in [1.29, 1.82) is 0 Å². The van der Waals surface area contributed by atoms with Crippen molar-refractivity contribution in [2.24, 2.45) is 0 Å². The minimum Gasteiger partial charge on any atom is -0.306 e. The van der Waals surface area contributed by atoms with Crippen LogP contribution in [0, 0.1) is 0 Å². The molecule has 0 aliphatic carbocycles. The normalized spacial score (nSPS) is 11.4. The maximum absolute atomic E-state index is 2.19. The smallest absolute Gasteiger partial charge is 0.0160 e. The minimum absolute atomic E-state index is 0.996. The monoisotopic (exact) mass is 189 g/mol. The zero-order valence-electron chi connectivity index (χ0n) is 9.33. The highest BCUT2D eigenvalue weighted by atomic mass is 15.0. The molecule has 0 fully saturated rings. The van der Waals surface area contributed by atoms with Crippen LogP contribution in [0.25, 0.3) is 6.08 Å². The van der Waals surface area contributed by atoms with Crippen LogP contribution in [0.5, 0.6) is 0 Å². The van der Waals surface area contributed by atoms with E-state index in [4.69, 9.17) is 0 Å². The number of nitrogens with zero attached hydrogens (tertiary/aromatic N) is 1. The lowest BCUT2D eigenvalue weighted by atomic mass is 10.1. The van der Waals surface area contributed by atoms with Crippen LogP contribution in [0.1, 0.15) is 18.1 Å². The van der Waals surface area contributed by atoms with E-state index in [1.165, 1.54) is 11.1 Å². The van der Waals surface area contributed by atoms with Gasteiger partial charge in [0.15, 0.2) is 0 Å². The molecular weight excluding hydrogens is 170 g/mol. The minimum atomic E-state index is 0.996. The summed E-state index contributed by atoms with van der Waals surface area (Å²) in [6, 6.07) is 8.72. The van der Waals surface area contributed by atoms with Gasteiger partial charge in [-0.15, -0.1) is 0 Å². The molecule has 0 atom stereocenters. The van der Waals surface area contributed by atoms with Gasteiger partial charge in [-0.1, -0.05) is 43.3 Å². The third-order valence-electron chi connectivity index (χ3n) is 2.17. The first-order valence-corrected chi connectivity index (χ1v) is 5.12. The maximum Gasteiger partial charge on any atom is 0.0160 e. The van der Waals surface area contributed by atoms with Crippen LogP contribution in [-0.4, -0.2) is 25.5 Å². The molecule has 14 heavy (non-hydrogen) atoms. The van der Waals surface area contributed by atoms with E-state index in [2.05, 4.69) is 62.3 Å². The summed E-state index contributed by atoms with van der Waals surface area (Å²) in [4.78, 5) is 2.15. The quantitative estimate of drug-likeness (QED) is 0.704. The Balaban J connectivity index is 2.55. The van der Waals surface area contributed by atoms with Crippen molar-refractivity contribution >= 4 is 6.08 Å². The Morgan fingerprint density at radius 1 is 1.14 bits per heavy atom. The van der Waals surface area contributed by atoms with Gasteiger partial charge in [0.25, 0.3) is 0 Å². The molecule has 0 bridgehead atoms. The molecular formula is C13H19N. The molecule has 0 aliphatic rings. The molecule has 1 heteroatoms. The van der Waals surface area contributed by atoms with Crippen molar-refractivity contribution < 1.29 is 0 Å². The van der Waals surface area contributed by atoms with Gasteiger partial charge in [0, 0.05) is 6.54 Å². The van der Waals surface area contributed by atoms with E-state index in [1.807, 2.05) is 0 Å². The lowest BCUT2D eigenvalue weighted by Crippen LogP contribution is -2.10. The largest absolute Gasteiger partial charge is 0.306 e. The van der Waals surface area contributed by atoms with Gasteiger partial charge < -0.3 is 4.90 Å². The molecule has 0 spiro atoms. The Bertz CT molecular complexity index is 283. The first-order valence-electron chi connectivity index (χ1n) is 5.12. The molecule has 0 aliphatic heterocycles. The summed E-state index contributed by atoms with van der Waals surface area (Å²) in [5.41, 5.74) is 2.68. The van der Waals surface area contributed by atoms with Gasteiger partial charge >= 0.3 is 0 Å². The van der Waals surface area contributed by atoms with Crippen molar-refractivity contribution in [3.05, 3.63) is 41.5 Å². The molecule has 0 radical (unpaired) electrons. The number of hydrogen-bond donors (Lipinski definition) is 0. The van der Waals surface area contributed by atoms with Gasteiger partial charge in [-0.05, 0) is 31.6 Å². The standard InChI is InChI=1S/C13H19N/c1-4-12-7-9-13(10-8-12)6-5-11-14(2)3/h5-10H,4,11H2,1-3H3/b6-5+. The highest BCUT2D eigenvalue weighted by Crippen LogP contribution is 2.06. The Morgan fingerprint density at radius 3 is 2.29 bits per heavy atom. The molecule has 0 unspecified atom stereocenters. The first-order chi connectivity index (χ1) is 6.72. The van der Waals surface area contributed by atoms with Crippen LogP contribution in [0.15, 0.2) is 30.3 Å². The van der Waals surface area contributed by atoms with E-state index in [9.17, 15) is 0 Å². The fraction of sp³-hybridized carbons (Fsp3) is 0.385. The van der Waals surface area contributed by atoms with E-state index in [0.29, 0.717) is 0 Å². The topological polar surface area (TPSA) is 3.24 Å². The molecule has 0 amide bonds. The van der Waals surface area contributed by atoms with E-state index in [0.717, 1.165) is 13.0 Å². The average Bonchev–Trinajstić information content (AvgIpc) is 2.18. The number of benzene rings is 1. The molecule has 1 aromatic carbocycles. The van der Waals surface area contributed by atoms with E-state index < -0.39 is 0 Å². The second-order valence-electron chi connectivity index (χ2n) is 3.76. The van der Waals surface area contributed by atoms with E-state index in [1.54, 1.807) is 0 Å². The Kier molecular flexibility index (Phi) is 4.41. The van der Waals surface area contributed by atoms with Crippen molar-refractivity contribution in [2.45, 2.75) is 13.3 Å². The van der Waals surface area contributed by atoms with Crippen molar-refractivity contribution in [1.82, 2.24) is 4.90 Å². The van der Waals surface area contributed by atoms with Gasteiger partial charge in [0.1, 0.15) is 0 Å². The van der Waals surface area contributed by atoms with Crippen LogP contribution < -0.4 is 0 Å². The van der Waals surface area contributed by atoms with Crippen molar-refractivity contribution in [2.75, 3.05) is 20.6 Å². The second-order valence-corrected chi connectivity index (χ2v) is 3.76. The molecule has 1 nitrogen and oxygen atoms in total. The summed E-state index contributed by atoms with van der Waals surface area (Å²) in [5.74, 6) is 0. The highest BCUT2D eigenvalue weighted by Gasteiger charge is 1.89. The third-order valence-corrected chi connectivity index (χ3v) is 2.17. The van der Waals surface area contributed by atoms with Crippen LogP contribution >= 0.6 is 0 Å². The lowest BCUT2D eigenvalue weighted by Gasteiger charge is -2.03. The Morgan fingerprint density at radius 2 is 1.79 bits per heavy atom. The number of aryl methyl sites for hydroxylation is 1. The van der Waals surface area contributed by atoms with Gasteiger partial charge in [-0.3, -0.25) is 0 Å². The summed E-state index contributed by atoms with van der Waals surface area (Å²) in [7, 11) is 4.15. The fourth-order valence-corrected chi connectivity index (χ4v) is 1.26. The summed E-state index contributed by atoms with van der Waals surface area (Å²) in [5, 5.41) is 0. The van der Waals surface area contributed by atoms with Gasteiger partial charge in [-0.25, -0.2) is 0 Å². The van der Waals surface area contributed by atoms with Crippen LogP contribution in [0.4, 0.5) is 0 Å². The maximum atomic E-state index is 2.19. The number of rotatable bonds is 4. The van der Waals surface area contributed by atoms with Crippen molar-refractivity contribution in [3.8, 4) is 0 Å². The summed E-state index contributed by atoms with van der Waals surface area (Å²) >= 11 is 0. The zero-order chi connectivity index (χ0) is 10.4. The van der Waals surface area contributed by atoms with E-state index >= 15 is 0 Å². The summed E-state index contributed by atoms with van der Waals surface area (Å²) in [6.45, 7) is 3.17. The summed E-state index contributed by atoms with van der Waals surface area (Å²) < 4.78 is 0. The predicted molar refractivity (Wildman–Crippen MR) is 63.4 cm³/mol. The van der Waals surface area contributed by atoms with Gasteiger partial charge in [0.05, 0.1) is 0 Å². The van der Waals surface area contributed by atoms with Crippen LogP contribution in [0.2, 0.25) is 0 Å². The molecule has 0 saturated carbocycles. The average molecular weight is 189 g/mol. The predicted octanol–water partition coefficient (Wildman–Crippen LogP) is 2.82. The third kappa shape index (κ3) is 3.75. The van der Waals surface area contributed by atoms with E-state index in [-0.39, 0.29) is 0 Å². The number of hydrogen-bond acceptors (Lipinski definition) is 1. The molecule has 76 valence electrons. The SMILES string of the molecule is CCc1ccc(/C=C/CN(C)C)cc1. The molecule has 1 rings (SSSR count). The molecule has 0 saturated heterocycles.